The van der Waals surface area contributed by atoms with Gasteiger partial charge in [0.1, 0.15) is 0 Å². The van der Waals surface area contributed by atoms with Gasteiger partial charge in [0.25, 0.3) is 0 Å². The average molecular weight is 209 g/mol. The van der Waals surface area contributed by atoms with Gasteiger partial charge in [-0.2, -0.15) is 0 Å². The predicted molar refractivity (Wildman–Crippen MR) is 57.6 cm³/mol. The normalized spacial score (nSPS) is 21.8. The van der Waals surface area contributed by atoms with E-state index in [1.54, 1.807) is 10.9 Å². The molecule has 1 fully saturated rings. The fraction of sp³-hybridized carbons (Fsp3) is 0.800. The lowest BCUT2D eigenvalue weighted by atomic mass is 9.79. The third-order valence-corrected chi connectivity index (χ3v) is 3.65. The van der Waals surface area contributed by atoms with E-state index in [4.69, 9.17) is 5.84 Å². The number of rotatable bonds is 3. The molecule has 0 amide bonds. The van der Waals surface area contributed by atoms with Crippen molar-refractivity contribution < 1.29 is 0 Å². The zero-order valence-corrected chi connectivity index (χ0v) is 9.40. The molecule has 84 valence electrons. The van der Waals surface area contributed by atoms with Gasteiger partial charge in [-0.05, 0) is 18.3 Å². The summed E-state index contributed by atoms with van der Waals surface area (Å²) in [6.45, 7) is 2.29. The highest BCUT2D eigenvalue weighted by Gasteiger charge is 2.38. The molecule has 0 bridgehead atoms. The van der Waals surface area contributed by atoms with E-state index in [0.29, 0.717) is 0 Å². The average Bonchev–Trinajstić information content (AvgIpc) is 2.79. The quantitative estimate of drug-likeness (QED) is 0.573. The minimum Gasteiger partial charge on any atom is -0.271 e. The molecule has 1 heterocycles. The number of hydrogen-bond acceptors (Lipinski definition) is 4. The van der Waals surface area contributed by atoms with Crippen LogP contribution in [0.5, 0.6) is 0 Å². The number of hydrogen-bond donors (Lipinski definition) is 2. The number of aromatic nitrogens is 3. The largest absolute Gasteiger partial charge is 0.271 e. The van der Waals surface area contributed by atoms with Crippen LogP contribution in [-0.2, 0) is 7.05 Å². The lowest BCUT2D eigenvalue weighted by molar-refractivity contribution is 0.216. The molecule has 5 nitrogen and oxygen atoms in total. The summed E-state index contributed by atoms with van der Waals surface area (Å²) in [7, 11) is 1.91. The lowest BCUT2D eigenvalue weighted by Crippen LogP contribution is -2.39. The summed E-state index contributed by atoms with van der Waals surface area (Å²) in [5, 5.41) is 7.87. The Morgan fingerprint density at radius 2 is 2.20 bits per heavy atom. The Balaban J connectivity index is 2.27. The fourth-order valence-electron chi connectivity index (χ4n) is 2.67. The molecule has 0 radical (unpaired) electrons. The van der Waals surface area contributed by atoms with Gasteiger partial charge in [0, 0.05) is 7.05 Å². The van der Waals surface area contributed by atoms with E-state index in [9.17, 15) is 0 Å². The van der Waals surface area contributed by atoms with Gasteiger partial charge in [0.05, 0.1) is 17.9 Å². The molecular weight excluding hydrogens is 190 g/mol. The molecule has 15 heavy (non-hydrogen) atoms. The highest BCUT2D eigenvalue weighted by atomic mass is 15.4. The molecule has 1 saturated carbocycles. The highest BCUT2D eigenvalue weighted by Crippen LogP contribution is 2.46. The van der Waals surface area contributed by atoms with Gasteiger partial charge in [-0.3, -0.25) is 16.0 Å². The smallest absolute Gasteiger partial charge is 0.0772 e. The first-order valence-corrected chi connectivity index (χ1v) is 5.48. The van der Waals surface area contributed by atoms with E-state index in [0.717, 1.165) is 5.69 Å². The molecule has 0 aromatic carbocycles. The molecule has 1 aromatic rings. The van der Waals surface area contributed by atoms with Crippen molar-refractivity contribution in [1.82, 2.24) is 20.4 Å². The third kappa shape index (κ3) is 1.77. The van der Waals surface area contributed by atoms with Crippen LogP contribution < -0.4 is 11.3 Å². The van der Waals surface area contributed by atoms with Gasteiger partial charge in [0.2, 0.25) is 0 Å². The number of nitrogens with zero attached hydrogens (tertiary/aromatic N) is 3. The summed E-state index contributed by atoms with van der Waals surface area (Å²) in [5.41, 5.74) is 4.24. The second-order valence-corrected chi connectivity index (χ2v) is 4.74. The van der Waals surface area contributed by atoms with Gasteiger partial charge in [0.15, 0.2) is 0 Å². The molecule has 0 aliphatic heterocycles. The second-order valence-electron chi connectivity index (χ2n) is 4.74. The van der Waals surface area contributed by atoms with Crippen molar-refractivity contribution in [1.29, 1.82) is 0 Å². The van der Waals surface area contributed by atoms with Crippen LogP contribution in [-0.4, -0.2) is 15.0 Å². The molecular formula is C10H19N5. The molecule has 1 aliphatic rings. The summed E-state index contributed by atoms with van der Waals surface area (Å²) in [4.78, 5) is 0. The van der Waals surface area contributed by atoms with Gasteiger partial charge >= 0.3 is 0 Å². The zero-order valence-electron chi connectivity index (χ0n) is 9.40. The number of nitrogens with one attached hydrogen (secondary N) is 1. The molecule has 1 unspecified atom stereocenters. The Morgan fingerprint density at radius 1 is 1.53 bits per heavy atom. The van der Waals surface area contributed by atoms with E-state index < -0.39 is 0 Å². The lowest BCUT2D eigenvalue weighted by Gasteiger charge is -2.33. The van der Waals surface area contributed by atoms with Crippen molar-refractivity contribution in [3.63, 3.8) is 0 Å². The van der Waals surface area contributed by atoms with Crippen molar-refractivity contribution in [2.75, 3.05) is 0 Å². The monoisotopic (exact) mass is 209 g/mol. The Bertz CT molecular complexity index is 326. The molecule has 0 saturated heterocycles. The number of aryl methyl sites for hydroxylation is 1. The van der Waals surface area contributed by atoms with E-state index in [1.165, 1.54) is 25.7 Å². The van der Waals surface area contributed by atoms with Crippen molar-refractivity contribution in [3.8, 4) is 0 Å². The standard InChI is InChI=1S/C10H19N5/c1-10(5-3-4-6-10)9(13-11)8-7-12-14-15(8)2/h7,9,13H,3-6,11H2,1-2H3. The maximum absolute atomic E-state index is 5.68. The van der Waals surface area contributed by atoms with Gasteiger partial charge in [-0.25, -0.2) is 0 Å². The van der Waals surface area contributed by atoms with Gasteiger partial charge < -0.3 is 0 Å². The Kier molecular flexibility index (Phi) is 2.75. The molecule has 1 atom stereocenters. The minimum atomic E-state index is 0.153. The summed E-state index contributed by atoms with van der Waals surface area (Å²) in [6, 6.07) is 0.153. The van der Waals surface area contributed by atoms with E-state index in [1.807, 2.05) is 7.05 Å². The Morgan fingerprint density at radius 3 is 2.67 bits per heavy atom. The minimum absolute atomic E-state index is 0.153. The maximum atomic E-state index is 5.68. The maximum Gasteiger partial charge on any atom is 0.0772 e. The Hall–Kier alpha value is -0.940. The van der Waals surface area contributed by atoms with Gasteiger partial charge in [-0.1, -0.05) is 25.0 Å². The first-order valence-electron chi connectivity index (χ1n) is 5.48. The zero-order chi connectivity index (χ0) is 10.9. The predicted octanol–water partition coefficient (Wildman–Crippen LogP) is 0.900. The number of hydrazine groups is 1. The van der Waals surface area contributed by atoms with Crippen LogP contribution in [0.15, 0.2) is 6.20 Å². The van der Waals surface area contributed by atoms with Crippen LogP contribution in [0, 0.1) is 5.41 Å². The van der Waals surface area contributed by atoms with Crippen molar-refractivity contribution >= 4 is 0 Å². The van der Waals surface area contributed by atoms with E-state index in [2.05, 4.69) is 22.7 Å². The fourth-order valence-corrected chi connectivity index (χ4v) is 2.67. The second kappa shape index (κ2) is 3.90. The third-order valence-electron chi connectivity index (χ3n) is 3.65. The molecule has 3 N–H and O–H groups in total. The summed E-state index contributed by atoms with van der Waals surface area (Å²) < 4.78 is 1.80. The van der Waals surface area contributed by atoms with Crippen LogP contribution in [0.3, 0.4) is 0 Å². The molecule has 1 aromatic heterocycles. The highest BCUT2D eigenvalue weighted by molar-refractivity contribution is 5.08. The van der Waals surface area contributed by atoms with Crippen molar-refractivity contribution in [2.45, 2.75) is 38.6 Å². The summed E-state index contributed by atoms with van der Waals surface area (Å²) in [6.07, 6.45) is 6.81. The molecule has 2 rings (SSSR count). The topological polar surface area (TPSA) is 68.8 Å². The summed E-state index contributed by atoms with van der Waals surface area (Å²) in [5.74, 6) is 5.68. The number of nitrogens with two attached hydrogens (primary N) is 1. The van der Waals surface area contributed by atoms with Crippen LogP contribution >= 0.6 is 0 Å². The van der Waals surface area contributed by atoms with Crippen molar-refractivity contribution in [3.05, 3.63) is 11.9 Å². The molecule has 5 heteroatoms. The first kappa shape index (κ1) is 10.6. The SMILES string of the molecule is Cn1nncc1C(NN)C1(C)CCCC1. The Labute approximate surface area is 90.0 Å². The van der Waals surface area contributed by atoms with Crippen LogP contribution in [0.25, 0.3) is 0 Å². The van der Waals surface area contributed by atoms with Gasteiger partial charge in [-0.15, -0.1) is 5.10 Å². The molecule has 1 aliphatic carbocycles. The van der Waals surface area contributed by atoms with Crippen molar-refractivity contribution in [2.24, 2.45) is 18.3 Å². The first-order chi connectivity index (χ1) is 7.17. The van der Waals surface area contributed by atoms with Crippen LogP contribution in [0.4, 0.5) is 0 Å². The molecule has 0 spiro atoms. The van der Waals surface area contributed by atoms with E-state index in [-0.39, 0.29) is 11.5 Å². The van der Waals surface area contributed by atoms with Crippen LogP contribution in [0.1, 0.15) is 44.3 Å². The summed E-state index contributed by atoms with van der Waals surface area (Å²) >= 11 is 0. The van der Waals surface area contributed by atoms with Crippen LogP contribution in [0.2, 0.25) is 0 Å². The van der Waals surface area contributed by atoms with E-state index >= 15 is 0 Å².